The van der Waals surface area contributed by atoms with Gasteiger partial charge in [0.2, 0.25) is 0 Å². The summed E-state index contributed by atoms with van der Waals surface area (Å²) in [5, 5.41) is 0. The van der Waals surface area contributed by atoms with E-state index in [-0.39, 0.29) is 23.1 Å². The minimum Gasteiger partial charge on any atom is -0.370 e. The minimum absolute atomic E-state index is 0.0381. The molecular weight excluding hydrogens is 336 g/mol. The molecule has 8 rings (SSSR count). The number of hydrogen-bond donors (Lipinski definition) is 2. The van der Waals surface area contributed by atoms with E-state index in [0.717, 1.165) is 35.5 Å². The Bertz CT molecular complexity index is 580. The molecule has 2 amide bonds. The summed E-state index contributed by atoms with van der Waals surface area (Å²) in [6.07, 6.45) is 15.6. The Morgan fingerprint density at radius 1 is 0.667 bits per heavy atom. The third kappa shape index (κ3) is 2.42. The Morgan fingerprint density at radius 2 is 0.963 bits per heavy atom. The van der Waals surface area contributed by atoms with Gasteiger partial charge >= 0.3 is 6.03 Å². The number of amides is 2. The maximum Gasteiger partial charge on any atom is 0.347 e. The molecule has 5 nitrogen and oxygen atoms in total. The van der Waals surface area contributed by atoms with Gasteiger partial charge in [0.05, 0.1) is 0 Å². The molecule has 0 aromatic heterocycles. The first-order chi connectivity index (χ1) is 12.9. The van der Waals surface area contributed by atoms with E-state index in [1.807, 2.05) is 0 Å². The van der Waals surface area contributed by atoms with Crippen LogP contribution in [-0.2, 0) is 0 Å². The SMILES string of the molecule is NC(N)=NC(=O)N(C12CC3CC(CC(C3)C1)C2)C12CC3CC(CC(C3)C1)C2. The molecule has 8 fully saturated rings. The first-order valence-corrected chi connectivity index (χ1v) is 11.4. The van der Waals surface area contributed by atoms with Crippen molar-refractivity contribution in [2.45, 2.75) is 88.1 Å². The van der Waals surface area contributed by atoms with Crippen LogP contribution in [0, 0.1) is 35.5 Å². The van der Waals surface area contributed by atoms with E-state index < -0.39 is 0 Å². The number of hydrogen-bond acceptors (Lipinski definition) is 1. The molecule has 4 N–H and O–H groups in total. The number of rotatable bonds is 2. The average molecular weight is 371 g/mol. The molecule has 0 unspecified atom stereocenters. The normalized spacial score (nSPS) is 51.4. The number of nitrogens with zero attached hydrogens (tertiary/aromatic N) is 2. The molecule has 0 atom stereocenters. The van der Waals surface area contributed by atoms with Gasteiger partial charge in [0, 0.05) is 11.1 Å². The van der Waals surface area contributed by atoms with Gasteiger partial charge in [-0.2, -0.15) is 4.99 Å². The molecule has 8 saturated carbocycles. The van der Waals surface area contributed by atoms with Crippen molar-refractivity contribution >= 4 is 12.0 Å². The highest BCUT2D eigenvalue weighted by molar-refractivity contribution is 5.91. The van der Waals surface area contributed by atoms with Crippen LogP contribution in [-0.4, -0.2) is 28.0 Å². The second-order valence-electron chi connectivity index (χ2n) is 11.4. The van der Waals surface area contributed by atoms with E-state index >= 15 is 0 Å². The lowest BCUT2D eigenvalue weighted by Crippen LogP contribution is -2.71. The maximum atomic E-state index is 13.6. The van der Waals surface area contributed by atoms with Gasteiger partial charge in [-0.05, 0) is 113 Å². The zero-order chi connectivity index (χ0) is 18.4. The van der Waals surface area contributed by atoms with E-state index in [1.54, 1.807) is 0 Å². The van der Waals surface area contributed by atoms with Gasteiger partial charge in [-0.25, -0.2) is 4.79 Å². The van der Waals surface area contributed by atoms with Crippen LogP contribution in [0.3, 0.4) is 0 Å². The summed E-state index contributed by atoms with van der Waals surface area (Å²) in [6.45, 7) is 0. The highest BCUT2D eigenvalue weighted by Crippen LogP contribution is 2.64. The quantitative estimate of drug-likeness (QED) is 0.575. The largest absolute Gasteiger partial charge is 0.370 e. The van der Waals surface area contributed by atoms with Gasteiger partial charge in [-0.3, -0.25) is 0 Å². The lowest BCUT2D eigenvalue weighted by atomic mass is 9.48. The highest BCUT2D eigenvalue weighted by Gasteiger charge is 2.63. The zero-order valence-corrected chi connectivity index (χ0v) is 16.4. The average Bonchev–Trinajstić information content (AvgIpc) is 2.50. The Hall–Kier alpha value is -1.26. The molecular formula is C22H34N4O. The predicted molar refractivity (Wildman–Crippen MR) is 105 cm³/mol. The van der Waals surface area contributed by atoms with Crippen molar-refractivity contribution in [3.05, 3.63) is 0 Å². The number of carbonyl (C=O) groups is 1. The van der Waals surface area contributed by atoms with Crippen LogP contribution in [0.5, 0.6) is 0 Å². The van der Waals surface area contributed by atoms with Crippen molar-refractivity contribution in [3.63, 3.8) is 0 Å². The molecule has 0 aromatic carbocycles. The van der Waals surface area contributed by atoms with E-state index in [9.17, 15) is 4.79 Å². The number of urea groups is 1. The summed E-state index contributed by atoms with van der Waals surface area (Å²) in [4.78, 5) is 20.1. The van der Waals surface area contributed by atoms with Crippen molar-refractivity contribution in [1.82, 2.24) is 4.90 Å². The van der Waals surface area contributed by atoms with Gasteiger partial charge in [0.1, 0.15) is 0 Å². The molecule has 8 aliphatic rings. The summed E-state index contributed by atoms with van der Waals surface area (Å²) in [7, 11) is 0. The Balaban J connectivity index is 1.44. The lowest BCUT2D eigenvalue weighted by molar-refractivity contribution is -0.152. The summed E-state index contributed by atoms with van der Waals surface area (Å²) < 4.78 is 0. The van der Waals surface area contributed by atoms with Crippen molar-refractivity contribution in [1.29, 1.82) is 0 Å². The number of guanidine groups is 1. The Kier molecular flexibility index (Phi) is 3.34. The fourth-order valence-electron chi connectivity index (χ4n) is 9.75. The van der Waals surface area contributed by atoms with E-state index in [4.69, 9.17) is 11.5 Å². The van der Waals surface area contributed by atoms with Crippen LogP contribution in [0.1, 0.15) is 77.0 Å². The first kappa shape index (κ1) is 16.7. The minimum atomic E-state index is -0.112. The third-order valence-corrected chi connectivity index (χ3v) is 9.38. The monoisotopic (exact) mass is 370 g/mol. The summed E-state index contributed by atoms with van der Waals surface area (Å²) in [6, 6.07) is -0.112. The zero-order valence-electron chi connectivity index (χ0n) is 16.4. The van der Waals surface area contributed by atoms with Crippen LogP contribution >= 0.6 is 0 Å². The standard InChI is InChI=1S/C22H34N4O/c23-19(24)25-20(27)26(21-7-13-1-14(8-21)3-15(2-13)9-21)22-10-16-4-17(11-22)6-18(5-16)12-22/h13-18H,1-12H2,(H4,23,24,25,27). The van der Waals surface area contributed by atoms with Crippen LogP contribution < -0.4 is 11.5 Å². The van der Waals surface area contributed by atoms with Crippen molar-refractivity contribution in [2.24, 2.45) is 52.0 Å². The number of carbonyl (C=O) groups excluding carboxylic acids is 1. The second kappa shape index (κ2) is 5.42. The maximum absolute atomic E-state index is 13.6. The van der Waals surface area contributed by atoms with Crippen LogP contribution in [0.2, 0.25) is 0 Å². The van der Waals surface area contributed by atoms with Crippen molar-refractivity contribution < 1.29 is 4.79 Å². The van der Waals surface area contributed by atoms with Crippen molar-refractivity contribution in [2.75, 3.05) is 0 Å². The lowest BCUT2D eigenvalue weighted by Gasteiger charge is -2.68. The van der Waals surface area contributed by atoms with Gasteiger partial charge in [0.25, 0.3) is 0 Å². The summed E-state index contributed by atoms with van der Waals surface area (Å²) >= 11 is 0. The van der Waals surface area contributed by atoms with E-state index in [2.05, 4.69) is 9.89 Å². The van der Waals surface area contributed by atoms with Crippen LogP contribution in [0.15, 0.2) is 4.99 Å². The number of aliphatic imine (C=N–C) groups is 1. The fourth-order valence-corrected chi connectivity index (χ4v) is 9.75. The topological polar surface area (TPSA) is 84.7 Å². The molecule has 5 heteroatoms. The molecule has 8 bridgehead atoms. The predicted octanol–water partition coefficient (Wildman–Crippen LogP) is 3.62. The van der Waals surface area contributed by atoms with Crippen molar-refractivity contribution in [3.8, 4) is 0 Å². The van der Waals surface area contributed by atoms with Gasteiger partial charge in [-0.1, -0.05) is 0 Å². The van der Waals surface area contributed by atoms with Gasteiger partial charge < -0.3 is 16.4 Å². The Labute approximate surface area is 162 Å². The molecule has 8 aliphatic carbocycles. The van der Waals surface area contributed by atoms with Crippen LogP contribution in [0.4, 0.5) is 4.79 Å². The molecule has 0 saturated heterocycles. The van der Waals surface area contributed by atoms with Gasteiger partial charge in [-0.15, -0.1) is 0 Å². The molecule has 0 heterocycles. The molecule has 0 aliphatic heterocycles. The molecule has 0 aromatic rings. The molecule has 0 spiro atoms. The smallest absolute Gasteiger partial charge is 0.347 e. The second-order valence-corrected chi connectivity index (χ2v) is 11.4. The fraction of sp³-hybridized carbons (Fsp3) is 0.909. The van der Waals surface area contributed by atoms with Crippen LogP contribution in [0.25, 0.3) is 0 Å². The van der Waals surface area contributed by atoms with E-state index in [0.29, 0.717) is 0 Å². The van der Waals surface area contributed by atoms with E-state index in [1.165, 1.54) is 77.0 Å². The molecule has 27 heavy (non-hydrogen) atoms. The first-order valence-electron chi connectivity index (χ1n) is 11.4. The summed E-state index contributed by atoms with van der Waals surface area (Å²) in [5.74, 6) is 4.84. The molecule has 148 valence electrons. The number of nitrogens with two attached hydrogens (primary N) is 2. The summed E-state index contributed by atoms with van der Waals surface area (Å²) in [5.41, 5.74) is 11.5. The highest BCUT2D eigenvalue weighted by atomic mass is 16.2. The van der Waals surface area contributed by atoms with Gasteiger partial charge in [0.15, 0.2) is 5.96 Å². The third-order valence-electron chi connectivity index (χ3n) is 9.38. The molecule has 0 radical (unpaired) electrons. The Morgan fingerprint density at radius 3 is 1.22 bits per heavy atom.